The van der Waals surface area contributed by atoms with Crippen LogP contribution in [0.15, 0.2) is 12.4 Å². The molecule has 0 spiro atoms. The monoisotopic (exact) mass is 308 g/mol. The van der Waals surface area contributed by atoms with Gasteiger partial charge in [-0.05, 0) is 13.3 Å². The van der Waals surface area contributed by atoms with E-state index in [1.54, 1.807) is 4.68 Å². The first-order valence-corrected chi connectivity index (χ1v) is 8.26. The van der Waals surface area contributed by atoms with Crippen molar-refractivity contribution >= 4 is 5.91 Å². The third-order valence-corrected chi connectivity index (χ3v) is 4.16. The summed E-state index contributed by atoms with van der Waals surface area (Å²) in [6.07, 6.45) is 5.90. The molecule has 1 atom stereocenters. The van der Waals surface area contributed by atoms with E-state index in [-0.39, 0.29) is 11.9 Å². The Morgan fingerprint density at radius 2 is 2.14 bits per heavy atom. The van der Waals surface area contributed by atoms with Crippen LogP contribution in [-0.4, -0.2) is 64.9 Å². The van der Waals surface area contributed by atoms with Crippen LogP contribution in [0.3, 0.4) is 0 Å². The summed E-state index contributed by atoms with van der Waals surface area (Å²) in [6.45, 7) is 8.72. The molecule has 1 aromatic heterocycles. The van der Waals surface area contributed by atoms with Crippen molar-refractivity contribution in [1.29, 1.82) is 0 Å². The average molecular weight is 308 g/mol. The summed E-state index contributed by atoms with van der Waals surface area (Å²) in [5.41, 5.74) is 0.976. The maximum atomic E-state index is 13.1. The van der Waals surface area contributed by atoms with Gasteiger partial charge in [0.1, 0.15) is 6.04 Å². The molecule has 0 radical (unpaired) electrons. The molecular weight excluding hydrogens is 280 g/mol. The highest BCUT2D eigenvalue weighted by Gasteiger charge is 2.32. The summed E-state index contributed by atoms with van der Waals surface area (Å²) in [5, 5.41) is 4.25. The molecule has 1 amide bonds. The van der Waals surface area contributed by atoms with Gasteiger partial charge in [0.15, 0.2) is 0 Å². The third kappa shape index (κ3) is 4.08. The van der Waals surface area contributed by atoms with Crippen molar-refractivity contribution in [1.82, 2.24) is 19.6 Å². The van der Waals surface area contributed by atoms with Gasteiger partial charge < -0.3 is 9.64 Å². The standard InChI is InChI=1S/C16H28N4O2/c1-4-6-7-19(5-2)16(21)15(14-12-17-18(3)13-14)20-8-10-22-11-9-20/h12-13,15H,4-11H2,1-3H3/t15-/m1/s1. The van der Waals surface area contributed by atoms with Crippen LogP contribution in [0.5, 0.6) is 0 Å². The molecule has 1 aromatic rings. The maximum Gasteiger partial charge on any atom is 0.244 e. The van der Waals surface area contributed by atoms with Crippen molar-refractivity contribution in [2.75, 3.05) is 39.4 Å². The topological polar surface area (TPSA) is 50.6 Å². The van der Waals surface area contributed by atoms with Crippen LogP contribution in [-0.2, 0) is 16.6 Å². The van der Waals surface area contributed by atoms with Crippen LogP contribution in [0.25, 0.3) is 0 Å². The fourth-order valence-corrected chi connectivity index (χ4v) is 2.87. The molecule has 1 aliphatic heterocycles. The van der Waals surface area contributed by atoms with E-state index in [9.17, 15) is 4.79 Å². The van der Waals surface area contributed by atoms with Crippen LogP contribution in [0.2, 0.25) is 0 Å². The summed E-state index contributed by atoms with van der Waals surface area (Å²) in [4.78, 5) is 17.3. The number of hydrogen-bond acceptors (Lipinski definition) is 4. The van der Waals surface area contributed by atoms with Crippen molar-refractivity contribution in [2.45, 2.75) is 32.7 Å². The van der Waals surface area contributed by atoms with E-state index in [1.807, 2.05) is 31.3 Å². The molecule has 6 nitrogen and oxygen atoms in total. The zero-order chi connectivity index (χ0) is 15.9. The van der Waals surface area contributed by atoms with Gasteiger partial charge in [-0.15, -0.1) is 0 Å². The van der Waals surface area contributed by atoms with Gasteiger partial charge in [0.25, 0.3) is 0 Å². The molecule has 0 aliphatic carbocycles. The van der Waals surface area contributed by atoms with Crippen LogP contribution in [0, 0.1) is 0 Å². The highest BCUT2D eigenvalue weighted by atomic mass is 16.5. The first kappa shape index (κ1) is 17.0. The fraction of sp³-hybridized carbons (Fsp3) is 0.750. The molecule has 1 saturated heterocycles. The first-order chi connectivity index (χ1) is 10.7. The molecule has 6 heteroatoms. The van der Waals surface area contributed by atoms with E-state index >= 15 is 0 Å². The number of carbonyl (C=O) groups is 1. The van der Waals surface area contributed by atoms with Crippen LogP contribution >= 0.6 is 0 Å². The Kier molecular flexibility index (Phi) is 6.39. The number of morpholine rings is 1. The van der Waals surface area contributed by atoms with Gasteiger partial charge in [0.2, 0.25) is 5.91 Å². The molecular formula is C16H28N4O2. The molecule has 1 fully saturated rings. The molecule has 2 heterocycles. The van der Waals surface area contributed by atoms with E-state index in [0.29, 0.717) is 13.2 Å². The number of hydrogen-bond donors (Lipinski definition) is 0. The second-order valence-electron chi connectivity index (χ2n) is 5.77. The summed E-state index contributed by atoms with van der Waals surface area (Å²) >= 11 is 0. The zero-order valence-corrected chi connectivity index (χ0v) is 14.0. The van der Waals surface area contributed by atoms with E-state index in [4.69, 9.17) is 4.74 Å². The smallest absolute Gasteiger partial charge is 0.244 e. The van der Waals surface area contributed by atoms with Gasteiger partial charge in [0.05, 0.1) is 19.4 Å². The second kappa shape index (κ2) is 8.29. The molecule has 124 valence electrons. The Morgan fingerprint density at radius 3 is 2.68 bits per heavy atom. The predicted octanol–water partition coefficient (Wildman–Crippen LogP) is 1.44. The van der Waals surface area contributed by atoms with E-state index in [1.165, 1.54) is 0 Å². The highest BCUT2D eigenvalue weighted by Crippen LogP contribution is 2.24. The minimum atomic E-state index is -0.241. The SMILES string of the molecule is CCCCN(CC)C(=O)[C@@H](c1cnn(C)c1)N1CCOCC1. The minimum Gasteiger partial charge on any atom is -0.379 e. The minimum absolute atomic E-state index is 0.186. The summed E-state index contributed by atoms with van der Waals surface area (Å²) < 4.78 is 7.20. The molecule has 1 aliphatic rings. The molecule has 22 heavy (non-hydrogen) atoms. The van der Waals surface area contributed by atoms with Crippen molar-refractivity contribution < 1.29 is 9.53 Å². The lowest BCUT2D eigenvalue weighted by Gasteiger charge is -2.36. The largest absolute Gasteiger partial charge is 0.379 e. The Bertz CT molecular complexity index is 468. The Labute approximate surface area is 133 Å². The van der Waals surface area contributed by atoms with Crippen LogP contribution in [0.4, 0.5) is 0 Å². The number of ether oxygens (including phenoxy) is 1. The van der Waals surface area contributed by atoms with Crippen molar-refractivity contribution in [3.05, 3.63) is 18.0 Å². The van der Waals surface area contributed by atoms with Crippen LogP contribution in [0.1, 0.15) is 38.3 Å². The maximum absolute atomic E-state index is 13.1. The number of rotatable bonds is 7. The van der Waals surface area contributed by atoms with Gasteiger partial charge in [-0.2, -0.15) is 5.10 Å². The van der Waals surface area contributed by atoms with Gasteiger partial charge >= 0.3 is 0 Å². The lowest BCUT2D eigenvalue weighted by Crippen LogP contribution is -2.47. The van der Waals surface area contributed by atoms with Gasteiger partial charge in [-0.25, -0.2) is 0 Å². The fourth-order valence-electron chi connectivity index (χ4n) is 2.87. The van der Waals surface area contributed by atoms with Crippen molar-refractivity contribution in [3.8, 4) is 0 Å². The highest BCUT2D eigenvalue weighted by molar-refractivity contribution is 5.83. The van der Waals surface area contributed by atoms with Gasteiger partial charge in [0, 0.05) is 45.0 Å². The number of nitrogens with zero attached hydrogens (tertiary/aromatic N) is 4. The van der Waals surface area contributed by atoms with Crippen molar-refractivity contribution in [3.63, 3.8) is 0 Å². The number of carbonyl (C=O) groups excluding carboxylic acids is 1. The van der Waals surface area contributed by atoms with Gasteiger partial charge in [-0.1, -0.05) is 13.3 Å². The van der Waals surface area contributed by atoms with E-state index in [2.05, 4.69) is 16.9 Å². The number of likely N-dealkylation sites (N-methyl/N-ethyl adjacent to an activating group) is 1. The molecule has 2 rings (SSSR count). The molecule has 0 bridgehead atoms. The Hall–Kier alpha value is -1.40. The van der Waals surface area contributed by atoms with Gasteiger partial charge in [-0.3, -0.25) is 14.4 Å². The van der Waals surface area contributed by atoms with Crippen molar-refractivity contribution in [2.24, 2.45) is 7.05 Å². The van der Waals surface area contributed by atoms with E-state index in [0.717, 1.165) is 44.6 Å². The molecule has 0 saturated carbocycles. The zero-order valence-electron chi connectivity index (χ0n) is 14.0. The lowest BCUT2D eigenvalue weighted by atomic mass is 10.1. The quantitative estimate of drug-likeness (QED) is 0.765. The Morgan fingerprint density at radius 1 is 1.41 bits per heavy atom. The second-order valence-corrected chi connectivity index (χ2v) is 5.77. The third-order valence-electron chi connectivity index (χ3n) is 4.16. The first-order valence-electron chi connectivity index (χ1n) is 8.26. The summed E-state index contributed by atoms with van der Waals surface area (Å²) in [5.74, 6) is 0.186. The van der Waals surface area contributed by atoms with E-state index < -0.39 is 0 Å². The predicted molar refractivity (Wildman–Crippen MR) is 85.5 cm³/mol. The number of aromatic nitrogens is 2. The number of amides is 1. The molecule has 0 aromatic carbocycles. The summed E-state index contributed by atoms with van der Waals surface area (Å²) in [6, 6.07) is -0.241. The molecule has 0 N–H and O–H groups in total. The van der Waals surface area contributed by atoms with Crippen LogP contribution < -0.4 is 0 Å². The Balaban J connectivity index is 2.20. The average Bonchev–Trinajstić information content (AvgIpc) is 2.95. The lowest BCUT2D eigenvalue weighted by molar-refractivity contribution is -0.139. The summed E-state index contributed by atoms with van der Waals surface area (Å²) in [7, 11) is 1.89. The molecule has 0 unspecified atom stereocenters. The normalized spacial score (nSPS) is 17.4. The number of aryl methyl sites for hydroxylation is 1. The number of unbranched alkanes of at least 4 members (excludes halogenated alkanes) is 1.